The number of likely N-dealkylation sites (tertiary alicyclic amines) is 1. The maximum absolute atomic E-state index is 5.91. The number of aromatic nitrogens is 4. The number of hydrogen-bond donors (Lipinski definition) is 2. The fraction of sp³-hybridized carbons (Fsp3) is 0.583. The average molecular weight is 281 g/mol. The molecular formula is C12H17ClN6. The molecule has 102 valence electrons. The molecule has 1 fully saturated rings. The summed E-state index contributed by atoms with van der Waals surface area (Å²) < 4.78 is 0. The van der Waals surface area contributed by atoms with Crippen molar-refractivity contribution in [2.24, 2.45) is 0 Å². The molecule has 0 amide bonds. The number of anilines is 1. The predicted molar refractivity (Wildman–Crippen MR) is 75.5 cm³/mol. The SMILES string of the molecule is CCN1CCC[C@@H]1CNc1nc(Cl)nc2nc[nH]c12. The molecule has 0 bridgehead atoms. The van der Waals surface area contributed by atoms with Crippen molar-refractivity contribution in [1.82, 2.24) is 24.8 Å². The van der Waals surface area contributed by atoms with Crippen LogP contribution in [0.1, 0.15) is 19.8 Å². The number of nitrogens with one attached hydrogen (secondary N) is 2. The number of likely N-dealkylation sites (N-methyl/N-ethyl adjacent to an activating group) is 1. The van der Waals surface area contributed by atoms with Crippen LogP contribution in [-0.2, 0) is 0 Å². The highest BCUT2D eigenvalue weighted by molar-refractivity contribution is 6.28. The Morgan fingerprint density at radius 3 is 3.26 bits per heavy atom. The van der Waals surface area contributed by atoms with Crippen LogP contribution in [0.15, 0.2) is 6.33 Å². The molecule has 1 aliphatic heterocycles. The Hall–Kier alpha value is -1.40. The summed E-state index contributed by atoms with van der Waals surface area (Å²) in [6.07, 6.45) is 4.10. The van der Waals surface area contributed by atoms with E-state index in [1.807, 2.05) is 0 Å². The molecule has 3 rings (SSSR count). The van der Waals surface area contributed by atoms with Gasteiger partial charge in [0.25, 0.3) is 0 Å². The maximum atomic E-state index is 5.91. The van der Waals surface area contributed by atoms with E-state index in [2.05, 4.69) is 37.1 Å². The summed E-state index contributed by atoms with van der Waals surface area (Å²) in [5, 5.41) is 3.60. The lowest BCUT2D eigenvalue weighted by Gasteiger charge is -2.23. The van der Waals surface area contributed by atoms with Crippen molar-refractivity contribution in [3.05, 3.63) is 11.6 Å². The minimum Gasteiger partial charge on any atom is -0.367 e. The summed E-state index contributed by atoms with van der Waals surface area (Å²) in [4.78, 5) is 17.9. The van der Waals surface area contributed by atoms with Crippen molar-refractivity contribution in [3.8, 4) is 0 Å². The van der Waals surface area contributed by atoms with E-state index in [4.69, 9.17) is 11.6 Å². The van der Waals surface area contributed by atoms with E-state index in [0.29, 0.717) is 11.7 Å². The first-order valence-electron chi connectivity index (χ1n) is 6.62. The lowest BCUT2D eigenvalue weighted by atomic mass is 10.2. The number of nitrogens with zero attached hydrogens (tertiary/aromatic N) is 4. The van der Waals surface area contributed by atoms with Gasteiger partial charge in [0.15, 0.2) is 11.5 Å². The average Bonchev–Trinajstić information content (AvgIpc) is 3.03. The van der Waals surface area contributed by atoms with E-state index in [1.165, 1.54) is 19.4 Å². The monoisotopic (exact) mass is 280 g/mol. The largest absolute Gasteiger partial charge is 0.367 e. The lowest BCUT2D eigenvalue weighted by Crippen LogP contribution is -2.34. The number of fused-ring (bicyclic) bond motifs is 1. The molecule has 3 heterocycles. The van der Waals surface area contributed by atoms with Crippen molar-refractivity contribution in [2.45, 2.75) is 25.8 Å². The molecule has 0 saturated carbocycles. The molecule has 1 atom stereocenters. The quantitative estimate of drug-likeness (QED) is 0.837. The van der Waals surface area contributed by atoms with Crippen molar-refractivity contribution in [2.75, 3.05) is 25.0 Å². The number of rotatable bonds is 4. The zero-order valence-electron chi connectivity index (χ0n) is 10.9. The number of aromatic amines is 1. The molecule has 0 radical (unpaired) electrons. The van der Waals surface area contributed by atoms with Gasteiger partial charge in [-0.1, -0.05) is 6.92 Å². The Morgan fingerprint density at radius 2 is 2.42 bits per heavy atom. The summed E-state index contributed by atoms with van der Waals surface area (Å²) >= 11 is 5.91. The third-order valence-electron chi connectivity index (χ3n) is 3.67. The van der Waals surface area contributed by atoms with Gasteiger partial charge in [-0.2, -0.15) is 9.97 Å². The maximum Gasteiger partial charge on any atom is 0.226 e. The van der Waals surface area contributed by atoms with E-state index in [1.54, 1.807) is 6.33 Å². The number of H-pyrrole nitrogens is 1. The summed E-state index contributed by atoms with van der Waals surface area (Å²) in [6, 6.07) is 0.566. The highest BCUT2D eigenvalue weighted by Gasteiger charge is 2.23. The van der Waals surface area contributed by atoms with Crippen LogP contribution in [0.5, 0.6) is 0 Å². The molecule has 0 aliphatic carbocycles. The first-order chi connectivity index (χ1) is 9.28. The molecule has 0 spiro atoms. The molecule has 0 unspecified atom stereocenters. The van der Waals surface area contributed by atoms with Gasteiger partial charge in [0, 0.05) is 12.6 Å². The highest BCUT2D eigenvalue weighted by atomic mass is 35.5. The standard InChI is InChI=1S/C12H17ClN6/c1-2-19-5-3-4-8(19)6-14-10-9-11(16-7-15-9)18-12(13)17-10/h7-8H,2-6H2,1H3,(H2,14,15,16,17,18)/t8-/m1/s1. The molecule has 2 N–H and O–H groups in total. The van der Waals surface area contributed by atoms with Gasteiger partial charge in [0.1, 0.15) is 5.52 Å². The van der Waals surface area contributed by atoms with E-state index < -0.39 is 0 Å². The zero-order valence-corrected chi connectivity index (χ0v) is 11.6. The van der Waals surface area contributed by atoms with Crippen LogP contribution in [0.3, 0.4) is 0 Å². The normalized spacial score (nSPS) is 20.2. The second-order valence-electron chi connectivity index (χ2n) is 4.75. The smallest absolute Gasteiger partial charge is 0.226 e. The third-order valence-corrected chi connectivity index (χ3v) is 3.84. The summed E-state index contributed by atoms with van der Waals surface area (Å²) in [5.41, 5.74) is 1.41. The number of hydrogen-bond acceptors (Lipinski definition) is 5. The summed E-state index contributed by atoms with van der Waals surface area (Å²) in [5.74, 6) is 0.732. The second-order valence-corrected chi connectivity index (χ2v) is 5.09. The Balaban J connectivity index is 1.76. The molecule has 1 saturated heterocycles. The van der Waals surface area contributed by atoms with E-state index >= 15 is 0 Å². The van der Waals surface area contributed by atoms with Crippen LogP contribution in [0.2, 0.25) is 5.28 Å². The minimum absolute atomic E-state index is 0.223. The van der Waals surface area contributed by atoms with Crippen molar-refractivity contribution >= 4 is 28.6 Å². The minimum atomic E-state index is 0.223. The van der Waals surface area contributed by atoms with Gasteiger partial charge in [-0.05, 0) is 37.5 Å². The van der Waals surface area contributed by atoms with Crippen molar-refractivity contribution in [1.29, 1.82) is 0 Å². The fourth-order valence-electron chi connectivity index (χ4n) is 2.69. The van der Waals surface area contributed by atoms with Gasteiger partial charge in [-0.3, -0.25) is 4.90 Å². The molecule has 6 nitrogen and oxygen atoms in total. The van der Waals surface area contributed by atoms with Gasteiger partial charge in [0.05, 0.1) is 6.33 Å². The van der Waals surface area contributed by atoms with Gasteiger partial charge < -0.3 is 10.3 Å². The van der Waals surface area contributed by atoms with Gasteiger partial charge >= 0.3 is 0 Å². The summed E-state index contributed by atoms with van der Waals surface area (Å²) in [7, 11) is 0. The topological polar surface area (TPSA) is 69.7 Å². The van der Waals surface area contributed by atoms with Crippen LogP contribution in [0, 0.1) is 0 Å². The molecule has 2 aromatic rings. The Kier molecular flexibility index (Phi) is 3.52. The van der Waals surface area contributed by atoms with E-state index in [9.17, 15) is 0 Å². The number of imidazole rings is 1. The van der Waals surface area contributed by atoms with Crippen LogP contribution in [-0.4, -0.2) is 50.5 Å². The lowest BCUT2D eigenvalue weighted by molar-refractivity contribution is 0.277. The first kappa shape index (κ1) is 12.6. The van der Waals surface area contributed by atoms with Crippen molar-refractivity contribution in [3.63, 3.8) is 0 Å². The highest BCUT2D eigenvalue weighted by Crippen LogP contribution is 2.21. The van der Waals surface area contributed by atoms with Crippen molar-refractivity contribution < 1.29 is 0 Å². The first-order valence-corrected chi connectivity index (χ1v) is 7.00. The molecule has 0 aromatic carbocycles. The van der Waals surface area contributed by atoms with Gasteiger partial charge in [0.2, 0.25) is 5.28 Å². The van der Waals surface area contributed by atoms with Crippen LogP contribution in [0.25, 0.3) is 11.2 Å². The third kappa shape index (κ3) is 2.50. The zero-order chi connectivity index (χ0) is 13.2. The molecule has 2 aromatic heterocycles. The Morgan fingerprint density at radius 1 is 1.53 bits per heavy atom. The molecule has 19 heavy (non-hydrogen) atoms. The van der Waals surface area contributed by atoms with Crippen LogP contribution in [0.4, 0.5) is 5.82 Å². The van der Waals surface area contributed by atoms with Crippen LogP contribution >= 0.6 is 11.6 Å². The van der Waals surface area contributed by atoms with Gasteiger partial charge in [-0.15, -0.1) is 0 Å². The predicted octanol–water partition coefficient (Wildman–Crippen LogP) is 1.90. The molecule has 7 heteroatoms. The summed E-state index contributed by atoms with van der Waals surface area (Å²) in [6.45, 7) is 5.35. The van der Waals surface area contributed by atoms with E-state index in [-0.39, 0.29) is 5.28 Å². The van der Waals surface area contributed by atoms with Crippen LogP contribution < -0.4 is 5.32 Å². The fourth-order valence-corrected chi connectivity index (χ4v) is 2.86. The molecule has 1 aliphatic rings. The number of halogens is 1. The Bertz CT molecular complexity index is 568. The second kappa shape index (κ2) is 5.30. The van der Waals surface area contributed by atoms with Gasteiger partial charge in [-0.25, -0.2) is 4.98 Å². The Labute approximate surface area is 116 Å². The molecular weight excluding hydrogens is 264 g/mol. The van der Waals surface area contributed by atoms with E-state index in [0.717, 1.165) is 24.4 Å².